The Morgan fingerprint density at radius 2 is 2.35 bits per heavy atom. The fourth-order valence-corrected chi connectivity index (χ4v) is 2.75. The maximum atomic E-state index is 5.94. The quantitative estimate of drug-likeness (QED) is 0.859. The summed E-state index contributed by atoms with van der Waals surface area (Å²) in [6, 6.07) is 6.34. The van der Waals surface area contributed by atoms with E-state index in [2.05, 4.69) is 18.0 Å². The third-order valence-electron chi connectivity index (χ3n) is 3.65. The minimum Gasteiger partial charge on any atom is -0.385 e. The first-order valence-corrected chi connectivity index (χ1v) is 6.27. The molecule has 17 heavy (non-hydrogen) atoms. The second kappa shape index (κ2) is 4.04. The standard InChI is InChI=1S/C13H18N4/c1-2-16-8-4-5-11(16)10-9-17-12(14)6-3-7-13(17)15-10/h3,6-7,9,11H,2,4-5,8,14H2,1H3. The summed E-state index contributed by atoms with van der Waals surface area (Å²) < 4.78 is 1.97. The van der Waals surface area contributed by atoms with Gasteiger partial charge in [-0.15, -0.1) is 0 Å². The highest BCUT2D eigenvalue weighted by atomic mass is 15.2. The van der Waals surface area contributed by atoms with Gasteiger partial charge in [0, 0.05) is 6.20 Å². The highest BCUT2D eigenvalue weighted by Crippen LogP contribution is 2.31. The van der Waals surface area contributed by atoms with Crippen molar-refractivity contribution in [3.63, 3.8) is 0 Å². The number of pyridine rings is 1. The average Bonchev–Trinajstić information content (AvgIpc) is 2.94. The summed E-state index contributed by atoms with van der Waals surface area (Å²) in [5.41, 5.74) is 8.05. The molecule has 1 fully saturated rings. The van der Waals surface area contributed by atoms with Crippen LogP contribution in [-0.4, -0.2) is 27.4 Å². The Labute approximate surface area is 101 Å². The maximum absolute atomic E-state index is 5.94. The molecule has 1 atom stereocenters. The van der Waals surface area contributed by atoms with Gasteiger partial charge >= 0.3 is 0 Å². The van der Waals surface area contributed by atoms with Crippen molar-refractivity contribution in [2.24, 2.45) is 0 Å². The molecule has 2 N–H and O–H groups in total. The number of aromatic nitrogens is 2. The molecule has 0 amide bonds. The van der Waals surface area contributed by atoms with Crippen molar-refractivity contribution in [2.75, 3.05) is 18.8 Å². The second-order valence-corrected chi connectivity index (χ2v) is 4.63. The third-order valence-corrected chi connectivity index (χ3v) is 3.65. The summed E-state index contributed by atoms with van der Waals surface area (Å²) in [7, 11) is 0. The van der Waals surface area contributed by atoms with E-state index in [4.69, 9.17) is 10.7 Å². The van der Waals surface area contributed by atoms with Gasteiger partial charge in [0.25, 0.3) is 0 Å². The van der Waals surface area contributed by atoms with Gasteiger partial charge in [-0.3, -0.25) is 9.30 Å². The van der Waals surface area contributed by atoms with Crippen LogP contribution in [0.5, 0.6) is 0 Å². The van der Waals surface area contributed by atoms with Crippen LogP contribution in [0.3, 0.4) is 0 Å². The van der Waals surface area contributed by atoms with Crippen LogP contribution < -0.4 is 5.73 Å². The number of fused-ring (bicyclic) bond motifs is 1. The molecular weight excluding hydrogens is 212 g/mol. The molecule has 1 unspecified atom stereocenters. The normalized spacial score (nSPS) is 21.4. The van der Waals surface area contributed by atoms with Gasteiger partial charge in [-0.1, -0.05) is 13.0 Å². The molecule has 1 saturated heterocycles. The van der Waals surface area contributed by atoms with E-state index in [1.165, 1.54) is 19.4 Å². The zero-order chi connectivity index (χ0) is 11.8. The van der Waals surface area contributed by atoms with Crippen LogP contribution in [0.2, 0.25) is 0 Å². The minimum absolute atomic E-state index is 0.472. The second-order valence-electron chi connectivity index (χ2n) is 4.63. The first-order chi connectivity index (χ1) is 8.29. The number of likely N-dealkylation sites (tertiary alicyclic amines) is 1. The molecule has 2 aromatic heterocycles. The highest BCUT2D eigenvalue weighted by molar-refractivity contribution is 5.49. The molecule has 4 nitrogen and oxygen atoms in total. The van der Waals surface area contributed by atoms with E-state index in [1.54, 1.807) is 0 Å². The van der Waals surface area contributed by atoms with Gasteiger partial charge in [0.05, 0.1) is 11.7 Å². The lowest BCUT2D eigenvalue weighted by molar-refractivity contribution is 0.268. The molecule has 1 aliphatic rings. The van der Waals surface area contributed by atoms with Gasteiger partial charge < -0.3 is 5.73 Å². The fourth-order valence-electron chi connectivity index (χ4n) is 2.75. The number of anilines is 1. The Morgan fingerprint density at radius 1 is 1.47 bits per heavy atom. The molecule has 3 heterocycles. The van der Waals surface area contributed by atoms with E-state index in [-0.39, 0.29) is 0 Å². The first-order valence-electron chi connectivity index (χ1n) is 6.27. The van der Waals surface area contributed by atoms with Gasteiger partial charge in [0.2, 0.25) is 0 Å². The Hall–Kier alpha value is -1.55. The van der Waals surface area contributed by atoms with E-state index in [0.717, 1.165) is 23.7 Å². The lowest BCUT2D eigenvalue weighted by Crippen LogP contribution is -2.22. The molecule has 0 saturated carbocycles. The monoisotopic (exact) mass is 230 g/mol. The molecular formula is C13H18N4. The number of hydrogen-bond donors (Lipinski definition) is 1. The average molecular weight is 230 g/mol. The van der Waals surface area contributed by atoms with E-state index in [0.29, 0.717) is 6.04 Å². The SMILES string of the molecule is CCN1CCCC1c1cn2c(N)cccc2n1. The zero-order valence-electron chi connectivity index (χ0n) is 10.1. The number of nitrogens with two attached hydrogens (primary N) is 1. The van der Waals surface area contributed by atoms with Crippen LogP contribution in [0.1, 0.15) is 31.5 Å². The molecule has 0 aromatic carbocycles. The molecule has 0 aliphatic carbocycles. The Morgan fingerprint density at radius 3 is 3.12 bits per heavy atom. The summed E-state index contributed by atoms with van der Waals surface area (Å²) in [6.07, 6.45) is 4.56. The molecule has 1 aliphatic heterocycles. The van der Waals surface area contributed by atoms with E-state index >= 15 is 0 Å². The smallest absolute Gasteiger partial charge is 0.138 e. The van der Waals surface area contributed by atoms with Gasteiger partial charge in [-0.25, -0.2) is 4.98 Å². The maximum Gasteiger partial charge on any atom is 0.138 e. The van der Waals surface area contributed by atoms with Crippen molar-refractivity contribution in [3.8, 4) is 0 Å². The van der Waals surface area contributed by atoms with E-state index in [1.807, 2.05) is 22.6 Å². The van der Waals surface area contributed by atoms with Crippen molar-refractivity contribution in [1.29, 1.82) is 0 Å². The van der Waals surface area contributed by atoms with Crippen molar-refractivity contribution in [1.82, 2.24) is 14.3 Å². The lowest BCUT2D eigenvalue weighted by atomic mass is 10.1. The molecule has 0 radical (unpaired) electrons. The number of nitrogens with zero attached hydrogens (tertiary/aromatic N) is 3. The van der Waals surface area contributed by atoms with Gasteiger partial charge in [-0.05, 0) is 38.1 Å². The minimum atomic E-state index is 0.472. The van der Waals surface area contributed by atoms with E-state index < -0.39 is 0 Å². The van der Waals surface area contributed by atoms with Gasteiger partial charge in [-0.2, -0.15) is 0 Å². The van der Waals surface area contributed by atoms with Crippen LogP contribution in [-0.2, 0) is 0 Å². The van der Waals surface area contributed by atoms with Crippen LogP contribution >= 0.6 is 0 Å². The number of rotatable bonds is 2. The number of hydrogen-bond acceptors (Lipinski definition) is 3. The lowest BCUT2D eigenvalue weighted by Gasteiger charge is -2.20. The van der Waals surface area contributed by atoms with Crippen molar-refractivity contribution in [3.05, 3.63) is 30.1 Å². The van der Waals surface area contributed by atoms with E-state index in [9.17, 15) is 0 Å². The molecule has 90 valence electrons. The van der Waals surface area contributed by atoms with Crippen LogP contribution in [0.15, 0.2) is 24.4 Å². The predicted octanol–water partition coefficient (Wildman–Crippen LogP) is 2.07. The van der Waals surface area contributed by atoms with Gasteiger partial charge in [0.1, 0.15) is 11.5 Å². The number of imidazole rings is 1. The summed E-state index contributed by atoms with van der Waals surface area (Å²) in [6.45, 7) is 4.49. The predicted molar refractivity (Wildman–Crippen MR) is 68.8 cm³/mol. The zero-order valence-corrected chi connectivity index (χ0v) is 10.1. The summed E-state index contributed by atoms with van der Waals surface area (Å²) in [4.78, 5) is 7.18. The summed E-state index contributed by atoms with van der Waals surface area (Å²) >= 11 is 0. The molecule has 0 spiro atoms. The molecule has 2 aromatic rings. The topological polar surface area (TPSA) is 46.6 Å². The van der Waals surface area contributed by atoms with Crippen molar-refractivity contribution in [2.45, 2.75) is 25.8 Å². The summed E-state index contributed by atoms with van der Waals surface area (Å²) in [5, 5.41) is 0. The van der Waals surface area contributed by atoms with Crippen LogP contribution in [0, 0.1) is 0 Å². The fraction of sp³-hybridized carbons (Fsp3) is 0.462. The largest absolute Gasteiger partial charge is 0.385 e. The van der Waals surface area contributed by atoms with Crippen LogP contribution in [0.4, 0.5) is 5.82 Å². The third kappa shape index (κ3) is 1.69. The highest BCUT2D eigenvalue weighted by Gasteiger charge is 2.26. The molecule has 0 bridgehead atoms. The number of nitrogen functional groups attached to an aromatic ring is 1. The Balaban J connectivity index is 2.03. The Bertz CT molecular complexity index is 531. The Kier molecular flexibility index (Phi) is 2.52. The van der Waals surface area contributed by atoms with Gasteiger partial charge in [0.15, 0.2) is 0 Å². The molecule has 4 heteroatoms. The van der Waals surface area contributed by atoms with Crippen LogP contribution in [0.25, 0.3) is 5.65 Å². The summed E-state index contributed by atoms with van der Waals surface area (Å²) in [5.74, 6) is 0.752. The van der Waals surface area contributed by atoms with Crippen molar-refractivity contribution < 1.29 is 0 Å². The molecule has 3 rings (SSSR count). The van der Waals surface area contributed by atoms with Crippen molar-refractivity contribution >= 4 is 11.5 Å². The first kappa shape index (κ1) is 10.6.